The summed E-state index contributed by atoms with van der Waals surface area (Å²) >= 11 is -3.11. The molecule has 2 unspecified atom stereocenters. The van der Waals surface area contributed by atoms with Gasteiger partial charge in [-0.25, -0.2) is 37.2 Å². The van der Waals surface area contributed by atoms with E-state index in [1.165, 1.54) is 19.3 Å². The maximum Gasteiger partial charge on any atom is 0.228 e. The molecule has 0 radical (unpaired) electrons. The van der Waals surface area contributed by atoms with Gasteiger partial charge in [-0.3, -0.25) is 4.21 Å². The number of hydrogen-bond donors (Lipinski definition) is 3. The molecule has 1 aliphatic rings. The molecule has 0 bridgehead atoms. The number of aromatic nitrogens is 3. The zero-order valence-corrected chi connectivity index (χ0v) is 23.2. The molecule has 0 spiro atoms. The van der Waals surface area contributed by atoms with E-state index in [-0.39, 0.29) is 42.0 Å². The number of nitrogens with zero attached hydrogens (tertiary/aromatic N) is 3. The lowest BCUT2D eigenvalue weighted by molar-refractivity contribution is 0.254. The molecule has 1 aliphatic heterocycles. The molecule has 2 aromatic heterocycles. The molecule has 1 fully saturated rings. The molecular weight excluding hydrogens is 595 g/mol. The lowest BCUT2D eigenvalue weighted by Crippen LogP contribution is -2.44. The highest BCUT2D eigenvalue weighted by Crippen LogP contribution is 2.38. The number of pyridine rings is 1. The quantitative estimate of drug-likeness (QED) is 0.181. The van der Waals surface area contributed by atoms with E-state index in [0.29, 0.717) is 12.2 Å². The zero-order chi connectivity index (χ0) is 30.7. The Morgan fingerprint density at radius 3 is 2.53 bits per heavy atom. The van der Waals surface area contributed by atoms with Gasteiger partial charge in [0.15, 0.2) is 11.6 Å². The Morgan fingerprint density at radius 2 is 1.81 bits per heavy atom. The normalized spacial score (nSPS) is 18.2. The largest absolute Gasteiger partial charge is 0.760 e. The van der Waals surface area contributed by atoms with Crippen molar-refractivity contribution in [3.63, 3.8) is 0 Å². The Bertz CT molecular complexity index is 1650. The molecule has 226 valence electrons. The fourth-order valence-electron chi connectivity index (χ4n) is 4.78. The van der Waals surface area contributed by atoms with E-state index in [9.17, 15) is 21.9 Å². The summed E-state index contributed by atoms with van der Waals surface area (Å²) < 4.78 is 104. The summed E-state index contributed by atoms with van der Waals surface area (Å²) in [7, 11) is 0. The van der Waals surface area contributed by atoms with Gasteiger partial charge in [0.25, 0.3) is 0 Å². The van der Waals surface area contributed by atoms with Crippen LogP contribution in [0.5, 0.6) is 11.6 Å². The van der Waals surface area contributed by atoms with Crippen LogP contribution < -0.4 is 20.1 Å². The van der Waals surface area contributed by atoms with Crippen LogP contribution in [-0.4, -0.2) is 49.0 Å². The Morgan fingerprint density at radius 1 is 1.05 bits per heavy atom. The van der Waals surface area contributed by atoms with E-state index >= 15 is 8.78 Å². The number of nitrogens with one attached hydrogen (secondary N) is 3. The first-order valence-corrected chi connectivity index (χ1v) is 14.0. The number of hydrogen-bond acceptors (Lipinski definition) is 8. The topological polar surface area (TPSA) is 124 Å². The standard InChI is InChI=1S/C28H25F5N6O3S/c1-14-10-18(25(39-43(40)41)22-19(30)5-2-6-20(22)31)23(32)24(33)26(14)42-27-17(4-3-8-35-27)21-7-9-36-28(38-21)37-16-11-15(29)12-34-13-16/h2-10,15-16,25,34,39H,11-13H2,1H3,(H,40,41)(H,36,37,38)/p-1/t15-,16-,25?/m0/s1. The van der Waals surface area contributed by atoms with Gasteiger partial charge < -0.3 is 19.9 Å². The van der Waals surface area contributed by atoms with Crippen molar-refractivity contribution in [2.24, 2.45) is 0 Å². The van der Waals surface area contributed by atoms with Gasteiger partial charge in [0.1, 0.15) is 17.8 Å². The van der Waals surface area contributed by atoms with Crippen molar-refractivity contribution in [3.8, 4) is 22.9 Å². The van der Waals surface area contributed by atoms with Crippen LogP contribution in [-0.2, 0) is 11.3 Å². The summed E-state index contributed by atoms with van der Waals surface area (Å²) in [5, 5.41) is 6.05. The predicted molar refractivity (Wildman–Crippen MR) is 146 cm³/mol. The fraction of sp³-hybridized carbons (Fsp3) is 0.250. The summed E-state index contributed by atoms with van der Waals surface area (Å²) in [5.74, 6) is -6.00. The molecule has 4 atom stereocenters. The first-order valence-electron chi connectivity index (χ1n) is 13.0. The average molecular weight is 620 g/mol. The van der Waals surface area contributed by atoms with Crippen LogP contribution in [0.15, 0.2) is 54.9 Å². The molecule has 5 rings (SSSR count). The zero-order valence-electron chi connectivity index (χ0n) is 22.4. The van der Waals surface area contributed by atoms with Gasteiger partial charge in [-0.1, -0.05) is 6.07 Å². The highest BCUT2D eigenvalue weighted by Gasteiger charge is 2.29. The molecule has 2 aromatic carbocycles. The molecule has 9 nitrogen and oxygen atoms in total. The van der Waals surface area contributed by atoms with Gasteiger partial charge in [0.05, 0.1) is 17.3 Å². The Hall–Kier alpha value is -4.05. The lowest BCUT2D eigenvalue weighted by atomic mass is 9.96. The monoisotopic (exact) mass is 619 g/mol. The van der Waals surface area contributed by atoms with Gasteiger partial charge >= 0.3 is 0 Å². The summed E-state index contributed by atoms with van der Waals surface area (Å²) in [5.41, 5.74) is -0.911. The SMILES string of the molecule is Cc1cc(C(NS(=O)[O-])c2c(F)cccc2F)c(F)c(F)c1Oc1ncccc1-c1ccnc(N[C@@H]2CNC[C@@H](F)C2)n1. The van der Waals surface area contributed by atoms with E-state index in [1.807, 2.05) is 4.72 Å². The van der Waals surface area contributed by atoms with Crippen molar-refractivity contribution < 1.29 is 35.5 Å². The van der Waals surface area contributed by atoms with Crippen molar-refractivity contribution in [2.45, 2.75) is 31.6 Å². The van der Waals surface area contributed by atoms with Crippen molar-refractivity contribution >= 4 is 17.2 Å². The third-order valence-electron chi connectivity index (χ3n) is 6.72. The minimum absolute atomic E-state index is 0.0265. The first-order chi connectivity index (χ1) is 20.6. The highest BCUT2D eigenvalue weighted by atomic mass is 32.2. The number of alkyl halides is 1. The number of rotatable bonds is 9. The Labute approximate surface area is 245 Å². The van der Waals surface area contributed by atoms with E-state index in [4.69, 9.17) is 4.74 Å². The van der Waals surface area contributed by atoms with Crippen LogP contribution in [0.1, 0.15) is 29.2 Å². The Balaban J connectivity index is 1.48. The molecule has 1 saturated heterocycles. The molecule has 0 saturated carbocycles. The first kappa shape index (κ1) is 30.4. The van der Waals surface area contributed by atoms with Gasteiger partial charge in [-0.2, -0.15) is 4.39 Å². The minimum atomic E-state index is -3.11. The van der Waals surface area contributed by atoms with E-state index < -0.39 is 63.6 Å². The van der Waals surface area contributed by atoms with Crippen LogP contribution >= 0.6 is 0 Å². The third-order valence-corrected chi connectivity index (χ3v) is 7.15. The van der Waals surface area contributed by atoms with Crippen LogP contribution in [0.4, 0.5) is 27.9 Å². The van der Waals surface area contributed by atoms with Gasteiger partial charge in [0.2, 0.25) is 17.6 Å². The summed E-state index contributed by atoms with van der Waals surface area (Å²) in [6.45, 7) is 2.12. The van der Waals surface area contributed by atoms with Crippen LogP contribution in [0.25, 0.3) is 11.3 Å². The minimum Gasteiger partial charge on any atom is -0.760 e. The molecule has 43 heavy (non-hydrogen) atoms. The van der Waals surface area contributed by atoms with Crippen molar-refractivity contribution in [1.29, 1.82) is 0 Å². The van der Waals surface area contributed by atoms with Crippen molar-refractivity contribution in [2.75, 3.05) is 18.4 Å². The van der Waals surface area contributed by atoms with Gasteiger partial charge in [-0.05, 0) is 48.9 Å². The summed E-state index contributed by atoms with van der Waals surface area (Å²) in [4.78, 5) is 12.8. The van der Waals surface area contributed by atoms with Crippen molar-refractivity contribution in [1.82, 2.24) is 25.0 Å². The number of anilines is 1. The number of ether oxygens (including phenoxy) is 1. The number of piperidine rings is 1. The van der Waals surface area contributed by atoms with Crippen LogP contribution in [0.3, 0.4) is 0 Å². The van der Waals surface area contributed by atoms with Gasteiger partial charge in [0, 0.05) is 60.3 Å². The van der Waals surface area contributed by atoms with Crippen LogP contribution in [0.2, 0.25) is 0 Å². The molecule has 3 N–H and O–H groups in total. The second-order valence-electron chi connectivity index (χ2n) is 9.72. The Kier molecular flexibility index (Phi) is 9.25. The van der Waals surface area contributed by atoms with E-state index in [1.54, 1.807) is 18.2 Å². The molecule has 0 amide bonds. The maximum atomic E-state index is 15.5. The molecular formula is C28H24F5N6O3S-. The highest BCUT2D eigenvalue weighted by molar-refractivity contribution is 7.77. The molecule has 0 aliphatic carbocycles. The smallest absolute Gasteiger partial charge is 0.228 e. The molecule has 3 heterocycles. The second kappa shape index (κ2) is 13.1. The van der Waals surface area contributed by atoms with Gasteiger partial charge in [-0.15, -0.1) is 0 Å². The van der Waals surface area contributed by atoms with Crippen molar-refractivity contribution in [3.05, 3.63) is 94.8 Å². The number of benzene rings is 2. The second-order valence-corrected chi connectivity index (χ2v) is 10.4. The van der Waals surface area contributed by atoms with Crippen LogP contribution in [0, 0.1) is 30.2 Å². The number of aryl methyl sites for hydroxylation is 1. The fourth-order valence-corrected chi connectivity index (χ4v) is 5.22. The number of halogens is 5. The average Bonchev–Trinajstić information content (AvgIpc) is 2.97. The molecule has 15 heteroatoms. The van der Waals surface area contributed by atoms with E-state index in [2.05, 4.69) is 25.6 Å². The maximum absolute atomic E-state index is 15.5. The molecule has 4 aromatic rings. The van der Waals surface area contributed by atoms with E-state index in [0.717, 1.165) is 24.3 Å². The lowest BCUT2D eigenvalue weighted by Gasteiger charge is -2.26. The predicted octanol–water partition coefficient (Wildman–Crippen LogP) is 4.78. The third kappa shape index (κ3) is 6.80. The summed E-state index contributed by atoms with van der Waals surface area (Å²) in [6, 6.07) is 6.31. The summed E-state index contributed by atoms with van der Waals surface area (Å²) in [6.07, 6.45) is 2.07.